The summed E-state index contributed by atoms with van der Waals surface area (Å²) in [5, 5.41) is 9.78. The molecule has 0 spiro atoms. The molecule has 0 saturated carbocycles. The quantitative estimate of drug-likeness (QED) is 0.517. The molecule has 1 fully saturated rings. The lowest BCUT2D eigenvalue weighted by Gasteiger charge is -2.17. The standard InChI is InChI=1S/C7H15NOS2/c1-6(11-10)4-8-3-2-7(9)5-8/h6-7,9-10H,2-5H2,1H3/t6?,7-/m1/s1. The highest BCUT2D eigenvalue weighted by molar-refractivity contribution is 8.68. The van der Waals surface area contributed by atoms with Crippen LogP contribution in [0.2, 0.25) is 0 Å². The number of thiol groups is 1. The molecule has 0 amide bonds. The normalized spacial score (nSPS) is 29.2. The van der Waals surface area contributed by atoms with Crippen LogP contribution >= 0.6 is 22.5 Å². The second-order valence-corrected chi connectivity index (χ2v) is 4.77. The Balaban J connectivity index is 2.17. The number of likely N-dealkylation sites (tertiary alicyclic amines) is 1. The van der Waals surface area contributed by atoms with E-state index in [9.17, 15) is 5.11 Å². The van der Waals surface area contributed by atoms with Gasteiger partial charge in [0.25, 0.3) is 0 Å². The fourth-order valence-corrected chi connectivity index (χ4v) is 1.85. The number of nitrogens with zero attached hydrogens (tertiary/aromatic N) is 1. The maximum Gasteiger partial charge on any atom is 0.0679 e. The first-order valence-electron chi connectivity index (χ1n) is 3.93. The van der Waals surface area contributed by atoms with Crippen molar-refractivity contribution in [3.63, 3.8) is 0 Å². The van der Waals surface area contributed by atoms with Crippen molar-refractivity contribution >= 4 is 22.5 Å². The van der Waals surface area contributed by atoms with Crippen LogP contribution in [0.3, 0.4) is 0 Å². The fraction of sp³-hybridized carbons (Fsp3) is 1.00. The lowest BCUT2D eigenvalue weighted by molar-refractivity contribution is 0.177. The van der Waals surface area contributed by atoms with Crippen molar-refractivity contribution in [1.82, 2.24) is 4.90 Å². The minimum absolute atomic E-state index is 0.0906. The second-order valence-electron chi connectivity index (χ2n) is 3.12. The Kier molecular flexibility index (Phi) is 4.06. The van der Waals surface area contributed by atoms with E-state index >= 15 is 0 Å². The van der Waals surface area contributed by atoms with E-state index in [2.05, 4.69) is 23.5 Å². The zero-order valence-electron chi connectivity index (χ0n) is 6.73. The van der Waals surface area contributed by atoms with Crippen molar-refractivity contribution in [2.45, 2.75) is 24.7 Å². The van der Waals surface area contributed by atoms with Crippen LogP contribution in [-0.2, 0) is 0 Å². The highest BCUT2D eigenvalue weighted by Crippen LogP contribution is 2.17. The zero-order chi connectivity index (χ0) is 8.27. The number of hydrogen-bond donors (Lipinski definition) is 2. The molecule has 0 aromatic heterocycles. The number of rotatable bonds is 3. The third-order valence-electron chi connectivity index (χ3n) is 1.94. The molecule has 1 rings (SSSR count). The average Bonchev–Trinajstić information content (AvgIpc) is 2.35. The summed E-state index contributed by atoms with van der Waals surface area (Å²) in [6.45, 7) is 5.09. The van der Waals surface area contributed by atoms with Gasteiger partial charge in [0, 0.05) is 24.9 Å². The molecule has 1 heterocycles. The Labute approximate surface area is 77.2 Å². The van der Waals surface area contributed by atoms with Crippen molar-refractivity contribution in [1.29, 1.82) is 0 Å². The summed E-state index contributed by atoms with van der Waals surface area (Å²) in [6, 6.07) is 0. The molecule has 1 aliphatic rings. The Morgan fingerprint density at radius 3 is 3.00 bits per heavy atom. The van der Waals surface area contributed by atoms with E-state index in [1.807, 2.05) is 0 Å². The summed E-state index contributed by atoms with van der Waals surface area (Å²) in [5.41, 5.74) is 0. The van der Waals surface area contributed by atoms with E-state index in [1.54, 1.807) is 10.8 Å². The Morgan fingerprint density at radius 1 is 1.82 bits per heavy atom. The number of aliphatic hydroxyl groups is 1. The summed E-state index contributed by atoms with van der Waals surface area (Å²) in [4.78, 5) is 2.29. The lowest BCUT2D eigenvalue weighted by Crippen LogP contribution is -2.28. The van der Waals surface area contributed by atoms with Gasteiger partial charge in [-0.2, -0.15) is 0 Å². The molecule has 1 unspecified atom stereocenters. The largest absolute Gasteiger partial charge is 0.392 e. The predicted molar refractivity (Wildman–Crippen MR) is 53.1 cm³/mol. The number of β-amino-alcohol motifs (C(OH)–C–C–N with tert-alkyl or cyclic N) is 1. The molecular weight excluding hydrogens is 178 g/mol. The molecule has 1 N–H and O–H groups in total. The molecule has 0 bridgehead atoms. The van der Waals surface area contributed by atoms with E-state index in [1.165, 1.54) is 0 Å². The van der Waals surface area contributed by atoms with Gasteiger partial charge in [-0.05, 0) is 6.42 Å². The summed E-state index contributed by atoms with van der Waals surface area (Å²) in [6.07, 6.45) is 0.844. The average molecular weight is 193 g/mol. The van der Waals surface area contributed by atoms with Gasteiger partial charge in [0.2, 0.25) is 0 Å². The third kappa shape index (κ3) is 3.23. The molecule has 4 heteroatoms. The van der Waals surface area contributed by atoms with Gasteiger partial charge < -0.3 is 5.11 Å². The van der Waals surface area contributed by atoms with E-state index in [4.69, 9.17) is 0 Å². The van der Waals surface area contributed by atoms with Crippen LogP contribution < -0.4 is 0 Å². The second kappa shape index (κ2) is 4.60. The number of hydrogen-bond acceptors (Lipinski definition) is 4. The Bertz CT molecular complexity index is 123. The summed E-state index contributed by atoms with van der Waals surface area (Å²) in [5.74, 6) is 0. The maximum atomic E-state index is 9.22. The van der Waals surface area contributed by atoms with Crippen molar-refractivity contribution in [2.24, 2.45) is 0 Å². The van der Waals surface area contributed by atoms with Crippen LogP contribution in [0.25, 0.3) is 0 Å². The van der Waals surface area contributed by atoms with Gasteiger partial charge in [-0.1, -0.05) is 17.7 Å². The van der Waals surface area contributed by atoms with E-state index in [0.717, 1.165) is 26.1 Å². The van der Waals surface area contributed by atoms with Gasteiger partial charge in [-0.25, -0.2) is 0 Å². The van der Waals surface area contributed by atoms with Gasteiger partial charge in [0.15, 0.2) is 0 Å². The fourth-order valence-electron chi connectivity index (χ4n) is 1.37. The molecule has 0 aliphatic carbocycles. The molecule has 2 atom stereocenters. The topological polar surface area (TPSA) is 23.5 Å². The lowest BCUT2D eigenvalue weighted by atomic mass is 10.3. The van der Waals surface area contributed by atoms with Crippen LogP contribution in [-0.4, -0.2) is 41.0 Å². The van der Waals surface area contributed by atoms with E-state index in [0.29, 0.717) is 5.25 Å². The first-order valence-corrected chi connectivity index (χ1v) is 5.86. The van der Waals surface area contributed by atoms with Gasteiger partial charge in [0.05, 0.1) is 6.10 Å². The summed E-state index contributed by atoms with van der Waals surface area (Å²) in [7, 11) is 1.58. The van der Waals surface area contributed by atoms with E-state index < -0.39 is 0 Å². The van der Waals surface area contributed by atoms with Crippen LogP contribution in [0.1, 0.15) is 13.3 Å². The van der Waals surface area contributed by atoms with Gasteiger partial charge in [-0.3, -0.25) is 4.90 Å². The molecule has 2 nitrogen and oxygen atoms in total. The number of aliphatic hydroxyl groups excluding tert-OH is 1. The molecule has 1 saturated heterocycles. The Hall–Kier alpha value is 0.620. The minimum atomic E-state index is -0.0906. The molecular formula is C7H15NOS2. The van der Waals surface area contributed by atoms with Gasteiger partial charge in [0.1, 0.15) is 0 Å². The first-order chi connectivity index (χ1) is 5.22. The molecule has 1 aliphatic heterocycles. The smallest absolute Gasteiger partial charge is 0.0679 e. The third-order valence-corrected chi connectivity index (χ3v) is 3.53. The zero-order valence-corrected chi connectivity index (χ0v) is 8.44. The van der Waals surface area contributed by atoms with Crippen LogP contribution in [0.4, 0.5) is 0 Å². The highest BCUT2D eigenvalue weighted by Gasteiger charge is 2.20. The monoisotopic (exact) mass is 193 g/mol. The van der Waals surface area contributed by atoms with Crippen molar-refractivity contribution in [2.75, 3.05) is 19.6 Å². The Morgan fingerprint density at radius 2 is 2.55 bits per heavy atom. The van der Waals surface area contributed by atoms with Crippen LogP contribution in [0, 0.1) is 0 Å². The van der Waals surface area contributed by atoms with Gasteiger partial charge in [-0.15, -0.1) is 11.7 Å². The first kappa shape index (κ1) is 9.71. The molecule has 0 aromatic carbocycles. The minimum Gasteiger partial charge on any atom is -0.392 e. The summed E-state index contributed by atoms with van der Waals surface area (Å²) < 4.78 is 0. The molecule has 66 valence electrons. The van der Waals surface area contributed by atoms with E-state index in [-0.39, 0.29) is 6.10 Å². The van der Waals surface area contributed by atoms with Crippen molar-refractivity contribution in [3.8, 4) is 0 Å². The van der Waals surface area contributed by atoms with Crippen LogP contribution in [0.5, 0.6) is 0 Å². The SMILES string of the molecule is CC(CN1CC[C@@H](O)C1)SS. The van der Waals surface area contributed by atoms with Crippen molar-refractivity contribution in [3.05, 3.63) is 0 Å². The van der Waals surface area contributed by atoms with Gasteiger partial charge >= 0.3 is 0 Å². The molecule has 11 heavy (non-hydrogen) atoms. The maximum absolute atomic E-state index is 9.22. The summed E-state index contributed by atoms with van der Waals surface area (Å²) >= 11 is 4.14. The van der Waals surface area contributed by atoms with Crippen molar-refractivity contribution < 1.29 is 5.11 Å². The highest BCUT2D eigenvalue weighted by atomic mass is 33.1. The van der Waals surface area contributed by atoms with Crippen LogP contribution in [0.15, 0.2) is 0 Å². The predicted octanol–water partition coefficient (Wildman–Crippen LogP) is 1.02. The molecule has 0 aromatic rings. The molecule has 0 radical (unpaired) electrons.